The van der Waals surface area contributed by atoms with E-state index >= 15 is 0 Å². The number of benzene rings is 3. The highest BCUT2D eigenvalue weighted by molar-refractivity contribution is 8.00. The zero-order valence-electron chi connectivity index (χ0n) is 24.0. The molecule has 1 aromatic heterocycles. The minimum Gasteiger partial charge on any atom is -0.508 e. The molecular weight excluding hydrogens is 647 g/mol. The molecule has 2 aliphatic rings. The van der Waals surface area contributed by atoms with Crippen molar-refractivity contribution in [1.29, 1.82) is 0 Å². The summed E-state index contributed by atoms with van der Waals surface area (Å²) in [5, 5.41) is 11.4. The molecule has 0 radical (unpaired) electrons. The molecule has 10 nitrogen and oxygen atoms in total. The van der Waals surface area contributed by atoms with Crippen LogP contribution in [0, 0.1) is 5.92 Å². The fourth-order valence-corrected chi connectivity index (χ4v) is 8.40. The van der Waals surface area contributed by atoms with E-state index in [4.69, 9.17) is 9.47 Å². The van der Waals surface area contributed by atoms with E-state index in [1.165, 1.54) is 49.1 Å². The van der Waals surface area contributed by atoms with E-state index in [0.717, 1.165) is 46.2 Å². The van der Waals surface area contributed by atoms with Crippen molar-refractivity contribution < 1.29 is 42.1 Å². The van der Waals surface area contributed by atoms with Gasteiger partial charge in [-0.25, -0.2) is 4.90 Å². The summed E-state index contributed by atoms with van der Waals surface area (Å²) in [6.45, 7) is -0.423. The highest BCUT2D eigenvalue weighted by Crippen LogP contribution is 2.54. The van der Waals surface area contributed by atoms with Gasteiger partial charge in [-0.15, -0.1) is 0 Å². The molecule has 1 fully saturated rings. The number of amides is 3. The third-order valence-corrected chi connectivity index (χ3v) is 10.3. The van der Waals surface area contributed by atoms with E-state index in [9.17, 15) is 37.5 Å². The third kappa shape index (κ3) is 5.49. The minimum atomic E-state index is -4.70. The number of hydrogen-bond donors (Lipinski definition) is 2. The quantitative estimate of drug-likeness (QED) is 0.206. The maximum Gasteiger partial charge on any atom is 0.416 e. The van der Waals surface area contributed by atoms with Gasteiger partial charge in [0.15, 0.2) is 11.5 Å². The molecule has 0 saturated carbocycles. The molecule has 238 valence electrons. The number of fused-ring (bicyclic) bond motifs is 2. The Hall–Kier alpha value is -4.76. The van der Waals surface area contributed by atoms with Gasteiger partial charge in [0.2, 0.25) is 17.7 Å². The SMILES string of the molecule is COc1ccc(C2c3sc(=O)n(CC(=O)Nc4ccc(O)cc4)c3SC3C(=O)N(c4cccc(C(F)(F)F)c4)C(=O)C32)cc1OC. The van der Waals surface area contributed by atoms with Gasteiger partial charge in [-0.1, -0.05) is 35.2 Å². The molecule has 3 aromatic carbocycles. The Morgan fingerprint density at radius 2 is 1.67 bits per heavy atom. The van der Waals surface area contributed by atoms with Gasteiger partial charge in [0, 0.05) is 16.5 Å². The smallest absolute Gasteiger partial charge is 0.416 e. The topological polar surface area (TPSA) is 127 Å². The predicted octanol–water partition coefficient (Wildman–Crippen LogP) is 5.09. The summed E-state index contributed by atoms with van der Waals surface area (Å²) in [5.41, 5.74) is -0.357. The zero-order chi connectivity index (χ0) is 32.9. The van der Waals surface area contributed by atoms with Crippen LogP contribution < -0.4 is 24.6 Å². The molecule has 15 heteroatoms. The summed E-state index contributed by atoms with van der Waals surface area (Å²) in [6.07, 6.45) is -4.70. The van der Waals surface area contributed by atoms with Crippen LogP contribution in [0.4, 0.5) is 24.5 Å². The lowest BCUT2D eigenvalue weighted by molar-refractivity contribution is -0.137. The summed E-state index contributed by atoms with van der Waals surface area (Å²) in [4.78, 5) is 55.0. The fraction of sp³-hybridized carbons (Fsp3) is 0.226. The van der Waals surface area contributed by atoms with Crippen LogP contribution >= 0.6 is 23.1 Å². The lowest BCUT2D eigenvalue weighted by atomic mass is 9.83. The molecule has 3 heterocycles. The first kappa shape index (κ1) is 31.2. The van der Waals surface area contributed by atoms with Crippen molar-refractivity contribution in [2.45, 2.75) is 28.9 Å². The number of phenolic OH excluding ortho intramolecular Hbond substituents is 1. The molecule has 3 amide bonds. The van der Waals surface area contributed by atoms with Crippen molar-refractivity contribution in [3.63, 3.8) is 0 Å². The average Bonchev–Trinajstić information content (AvgIpc) is 3.47. The number of hydrogen-bond acceptors (Lipinski definition) is 9. The van der Waals surface area contributed by atoms with E-state index < -0.39 is 58.0 Å². The Morgan fingerprint density at radius 3 is 2.35 bits per heavy atom. The van der Waals surface area contributed by atoms with Crippen molar-refractivity contribution in [2.75, 3.05) is 24.4 Å². The molecular formula is C31H24F3N3O7S2. The maximum atomic E-state index is 14.1. The van der Waals surface area contributed by atoms with E-state index in [2.05, 4.69) is 5.32 Å². The van der Waals surface area contributed by atoms with Crippen molar-refractivity contribution in [2.24, 2.45) is 5.92 Å². The van der Waals surface area contributed by atoms with Gasteiger partial charge < -0.3 is 19.9 Å². The van der Waals surface area contributed by atoms with Crippen LogP contribution in [0.1, 0.15) is 21.9 Å². The van der Waals surface area contributed by atoms with Gasteiger partial charge in [0.05, 0.1) is 36.4 Å². The number of thiazole rings is 1. The third-order valence-electron chi connectivity index (χ3n) is 7.70. The number of halogens is 3. The van der Waals surface area contributed by atoms with Crippen molar-refractivity contribution in [3.8, 4) is 17.2 Å². The molecule has 3 unspecified atom stereocenters. The van der Waals surface area contributed by atoms with Crippen LogP contribution in [-0.4, -0.2) is 46.9 Å². The number of methoxy groups -OCH3 is 2. The summed E-state index contributed by atoms with van der Waals surface area (Å²) < 4.78 is 52.7. The van der Waals surface area contributed by atoms with Crippen LogP contribution in [0.25, 0.3) is 0 Å². The second-order valence-electron chi connectivity index (χ2n) is 10.4. The Bertz CT molecular complexity index is 1920. The van der Waals surface area contributed by atoms with E-state index in [-0.39, 0.29) is 11.4 Å². The summed E-state index contributed by atoms with van der Waals surface area (Å²) in [6, 6.07) is 14.6. The molecule has 0 spiro atoms. The normalized spacial score (nSPS) is 19.1. The molecule has 4 aromatic rings. The number of ether oxygens (including phenoxy) is 2. The van der Waals surface area contributed by atoms with Crippen LogP contribution in [0.15, 0.2) is 76.6 Å². The number of phenols is 1. The number of alkyl halides is 3. The molecule has 2 aliphatic heterocycles. The number of nitrogens with one attached hydrogen (secondary N) is 1. The van der Waals surface area contributed by atoms with E-state index in [1.807, 2.05) is 0 Å². The minimum absolute atomic E-state index is 0.00300. The summed E-state index contributed by atoms with van der Waals surface area (Å²) in [7, 11) is 2.87. The lowest BCUT2D eigenvalue weighted by Crippen LogP contribution is -2.33. The predicted molar refractivity (Wildman–Crippen MR) is 164 cm³/mol. The average molecular weight is 672 g/mol. The van der Waals surface area contributed by atoms with Gasteiger partial charge in [0.25, 0.3) is 0 Å². The van der Waals surface area contributed by atoms with Crippen molar-refractivity contribution in [3.05, 3.63) is 92.4 Å². The molecule has 2 N–H and O–H groups in total. The molecule has 1 saturated heterocycles. The number of thioether (sulfide) groups is 1. The number of aromatic hydroxyl groups is 1. The van der Waals surface area contributed by atoms with Crippen LogP contribution in [0.3, 0.4) is 0 Å². The number of carbonyl (C=O) groups excluding carboxylic acids is 3. The highest BCUT2D eigenvalue weighted by atomic mass is 32.2. The first-order valence-corrected chi connectivity index (χ1v) is 15.4. The van der Waals surface area contributed by atoms with Crippen molar-refractivity contribution >= 4 is 52.2 Å². The van der Waals surface area contributed by atoms with Crippen LogP contribution in [0.5, 0.6) is 17.2 Å². The standard InChI is InChI=1S/C31H24F3N3O7S2/c1-43-20-11-6-15(12-21(20)44-2)23-24-25(28(41)37(27(24)40)18-5-3-4-16(13-18)31(32,33)34)45-29-26(23)46-30(42)36(29)14-22(39)35-17-7-9-19(38)10-8-17/h3-13,23-25,38H,14H2,1-2H3,(H,35,39). The molecule has 0 aliphatic carbocycles. The number of carbonyl (C=O) groups is 3. The Morgan fingerprint density at radius 1 is 0.957 bits per heavy atom. The summed E-state index contributed by atoms with van der Waals surface area (Å²) >= 11 is 1.75. The summed E-state index contributed by atoms with van der Waals surface area (Å²) in [5.74, 6) is -3.27. The number of rotatable bonds is 7. The maximum absolute atomic E-state index is 14.1. The second-order valence-corrected chi connectivity index (χ2v) is 12.6. The Kier molecular flexibility index (Phi) is 8.06. The van der Waals surface area contributed by atoms with Gasteiger partial charge >= 0.3 is 11.0 Å². The van der Waals surface area contributed by atoms with Gasteiger partial charge in [-0.3, -0.25) is 23.7 Å². The van der Waals surface area contributed by atoms with E-state index in [1.54, 1.807) is 18.2 Å². The number of anilines is 2. The largest absolute Gasteiger partial charge is 0.508 e. The molecule has 46 heavy (non-hydrogen) atoms. The lowest BCUT2D eigenvalue weighted by Gasteiger charge is -2.31. The number of nitrogens with zero attached hydrogens (tertiary/aromatic N) is 2. The van der Waals surface area contributed by atoms with E-state index in [0.29, 0.717) is 32.7 Å². The Labute approximate surface area is 267 Å². The van der Waals surface area contributed by atoms with Crippen LogP contribution in [-0.2, 0) is 27.1 Å². The second kappa shape index (κ2) is 11.9. The number of aromatic nitrogens is 1. The van der Waals surface area contributed by atoms with Gasteiger partial charge in [0.1, 0.15) is 17.5 Å². The van der Waals surface area contributed by atoms with Crippen molar-refractivity contribution in [1.82, 2.24) is 4.57 Å². The fourth-order valence-electron chi connectivity index (χ4n) is 5.63. The molecule has 3 atom stereocenters. The molecule has 0 bridgehead atoms. The first-order chi connectivity index (χ1) is 21.9. The van der Waals surface area contributed by atoms with Gasteiger partial charge in [-0.05, 0) is 60.2 Å². The number of imide groups is 1. The zero-order valence-corrected chi connectivity index (χ0v) is 25.7. The Balaban J connectivity index is 1.44. The monoisotopic (exact) mass is 671 g/mol. The van der Waals surface area contributed by atoms with Gasteiger partial charge in [-0.2, -0.15) is 13.2 Å². The first-order valence-electron chi connectivity index (χ1n) is 13.7. The van der Waals surface area contributed by atoms with Crippen LogP contribution in [0.2, 0.25) is 0 Å². The highest BCUT2D eigenvalue weighted by Gasteiger charge is 2.57. The molecule has 6 rings (SSSR count).